The molecule has 1 heterocycles. The molecule has 1 saturated heterocycles. The quantitative estimate of drug-likeness (QED) is 0.323. The summed E-state index contributed by atoms with van der Waals surface area (Å²) in [6, 6.07) is 8.32. The summed E-state index contributed by atoms with van der Waals surface area (Å²) in [5.74, 6) is -0.598. The van der Waals surface area contributed by atoms with E-state index in [0.29, 0.717) is 12.0 Å². The molecule has 0 bridgehead atoms. The van der Waals surface area contributed by atoms with E-state index in [9.17, 15) is 19.5 Å². The highest BCUT2D eigenvalue weighted by Crippen LogP contribution is 2.21. The minimum atomic E-state index is -0.665. The van der Waals surface area contributed by atoms with E-state index in [0.717, 1.165) is 31.4 Å². The number of nitrogens with one attached hydrogen (secondary N) is 2. The van der Waals surface area contributed by atoms with Crippen molar-refractivity contribution >= 4 is 17.7 Å². The second kappa shape index (κ2) is 15.9. The van der Waals surface area contributed by atoms with Crippen molar-refractivity contribution < 1.29 is 19.5 Å². The summed E-state index contributed by atoms with van der Waals surface area (Å²) in [6.07, 6.45) is 5.22. The van der Waals surface area contributed by atoms with Crippen molar-refractivity contribution in [2.45, 2.75) is 104 Å². The van der Waals surface area contributed by atoms with Crippen LogP contribution >= 0.6 is 0 Å². The van der Waals surface area contributed by atoms with Gasteiger partial charge in [-0.3, -0.25) is 19.3 Å². The van der Waals surface area contributed by atoms with Crippen molar-refractivity contribution in [1.82, 2.24) is 20.4 Å². The van der Waals surface area contributed by atoms with E-state index in [-0.39, 0.29) is 54.3 Å². The number of hydrogen-bond acceptors (Lipinski definition) is 5. The molecule has 0 saturated carbocycles. The third-order valence-electron chi connectivity index (χ3n) is 7.88. The third-order valence-corrected chi connectivity index (χ3v) is 7.88. The number of aliphatic hydroxyl groups excluding tert-OH is 1. The molecule has 1 aliphatic heterocycles. The Morgan fingerprint density at radius 3 is 2.23 bits per heavy atom. The third kappa shape index (κ3) is 9.44. The van der Waals surface area contributed by atoms with Gasteiger partial charge in [-0.1, -0.05) is 70.5 Å². The molecule has 8 heteroatoms. The van der Waals surface area contributed by atoms with Crippen LogP contribution in [0.5, 0.6) is 0 Å². The van der Waals surface area contributed by atoms with Crippen molar-refractivity contribution in [2.24, 2.45) is 11.8 Å². The fourth-order valence-electron chi connectivity index (χ4n) is 5.43. The number of rotatable bonds is 13. The standard InChI is InChI=1S/C32H52N4O4/c1-21(2)28(18-24(7)30(38)33-26(20-37)19-25-14-10-9-11-15-25)35(8)32(40)29(22(3)4)34-31(39)27-16-12-13-17-36(27)23(5)6/h9-11,14-15,18,21-23,26-29,37H,12-13,16-17,19-20H2,1-8H3,(H,33,38)(H,34,39)/t26-,27+,28?,29-/m0/s1. The Morgan fingerprint density at radius 2 is 1.68 bits per heavy atom. The van der Waals surface area contributed by atoms with Crippen LogP contribution in [0.2, 0.25) is 0 Å². The molecule has 3 amide bonds. The minimum absolute atomic E-state index is 0.0351. The molecular weight excluding hydrogens is 504 g/mol. The van der Waals surface area contributed by atoms with Gasteiger partial charge in [-0.15, -0.1) is 0 Å². The van der Waals surface area contributed by atoms with Gasteiger partial charge < -0.3 is 20.6 Å². The van der Waals surface area contributed by atoms with E-state index in [2.05, 4.69) is 29.4 Å². The summed E-state index contributed by atoms with van der Waals surface area (Å²) in [4.78, 5) is 44.1. The molecule has 4 atom stereocenters. The molecule has 224 valence electrons. The van der Waals surface area contributed by atoms with Gasteiger partial charge in [0.1, 0.15) is 6.04 Å². The van der Waals surface area contributed by atoms with E-state index in [1.807, 2.05) is 64.1 Å². The highest BCUT2D eigenvalue weighted by molar-refractivity contribution is 5.93. The second-order valence-corrected chi connectivity index (χ2v) is 12.1. The smallest absolute Gasteiger partial charge is 0.246 e. The van der Waals surface area contributed by atoms with Crippen LogP contribution in [0.25, 0.3) is 0 Å². The summed E-state index contributed by atoms with van der Waals surface area (Å²) in [6.45, 7) is 14.5. The first-order valence-electron chi connectivity index (χ1n) is 14.8. The number of carbonyl (C=O) groups excluding carboxylic acids is 3. The molecule has 1 aromatic rings. The van der Waals surface area contributed by atoms with Crippen molar-refractivity contribution in [3.05, 3.63) is 47.5 Å². The molecule has 1 unspecified atom stereocenters. The lowest BCUT2D eigenvalue weighted by molar-refractivity contribution is -0.140. The maximum atomic E-state index is 13.8. The largest absolute Gasteiger partial charge is 0.394 e. The molecule has 0 radical (unpaired) electrons. The Hall–Kier alpha value is -2.71. The van der Waals surface area contributed by atoms with E-state index in [1.54, 1.807) is 18.9 Å². The Morgan fingerprint density at radius 1 is 1.02 bits per heavy atom. The molecule has 0 spiro atoms. The number of benzene rings is 1. The Bertz CT molecular complexity index is 992. The summed E-state index contributed by atoms with van der Waals surface area (Å²) in [7, 11) is 1.74. The Labute approximate surface area is 241 Å². The number of amides is 3. The van der Waals surface area contributed by atoms with Gasteiger partial charge in [-0.2, -0.15) is 0 Å². The summed E-state index contributed by atoms with van der Waals surface area (Å²) in [5, 5.41) is 15.9. The van der Waals surface area contributed by atoms with Crippen LogP contribution in [0.4, 0.5) is 0 Å². The van der Waals surface area contributed by atoms with Gasteiger partial charge in [0, 0.05) is 18.7 Å². The molecule has 0 aliphatic carbocycles. The van der Waals surface area contributed by atoms with Gasteiger partial charge in [0.2, 0.25) is 17.7 Å². The van der Waals surface area contributed by atoms with Crippen molar-refractivity contribution in [3.8, 4) is 0 Å². The fourth-order valence-corrected chi connectivity index (χ4v) is 5.43. The first kappa shape index (κ1) is 33.5. The van der Waals surface area contributed by atoms with Gasteiger partial charge >= 0.3 is 0 Å². The SMILES string of the molecule is CC(=CC(C(C)C)N(C)C(=O)[C@@H](NC(=O)[C@H]1CCCCN1C(C)C)C(C)C)C(=O)N[C@H](CO)Cc1ccccc1. The lowest BCUT2D eigenvalue weighted by atomic mass is 9.95. The van der Waals surface area contributed by atoms with Gasteiger partial charge in [-0.05, 0) is 64.0 Å². The highest BCUT2D eigenvalue weighted by Gasteiger charge is 2.36. The Balaban J connectivity index is 2.15. The first-order valence-corrected chi connectivity index (χ1v) is 14.8. The number of nitrogens with zero attached hydrogens (tertiary/aromatic N) is 2. The van der Waals surface area contributed by atoms with Crippen LogP contribution in [-0.4, -0.2) is 83.0 Å². The van der Waals surface area contributed by atoms with Gasteiger partial charge in [-0.25, -0.2) is 0 Å². The number of aliphatic hydroxyl groups is 1. The van der Waals surface area contributed by atoms with Crippen molar-refractivity contribution in [3.63, 3.8) is 0 Å². The molecule has 0 aromatic heterocycles. The van der Waals surface area contributed by atoms with Crippen LogP contribution in [0.1, 0.15) is 73.3 Å². The number of piperidine rings is 1. The van der Waals surface area contributed by atoms with Crippen LogP contribution in [0, 0.1) is 11.8 Å². The number of likely N-dealkylation sites (N-methyl/N-ethyl adjacent to an activating group) is 1. The normalized spacial score (nSPS) is 18.9. The molecule has 1 aliphatic rings. The molecule has 40 heavy (non-hydrogen) atoms. The summed E-state index contributed by atoms with van der Waals surface area (Å²) < 4.78 is 0. The lowest BCUT2D eigenvalue weighted by Crippen LogP contribution is -2.58. The zero-order valence-corrected chi connectivity index (χ0v) is 25.8. The highest BCUT2D eigenvalue weighted by atomic mass is 16.3. The van der Waals surface area contributed by atoms with Crippen molar-refractivity contribution in [1.29, 1.82) is 0 Å². The molecule has 2 rings (SSSR count). The molecule has 1 aromatic carbocycles. The maximum absolute atomic E-state index is 13.8. The predicted molar refractivity (Wildman–Crippen MR) is 161 cm³/mol. The van der Waals surface area contributed by atoms with E-state index >= 15 is 0 Å². The molecule has 1 fully saturated rings. The van der Waals surface area contributed by atoms with Gasteiger partial charge in [0.25, 0.3) is 0 Å². The Kier molecular flexibility index (Phi) is 13.3. The minimum Gasteiger partial charge on any atom is -0.394 e. The molecule has 3 N–H and O–H groups in total. The average molecular weight is 557 g/mol. The van der Waals surface area contributed by atoms with Crippen molar-refractivity contribution in [2.75, 3.05) is 20.2 Å². The van der Waals surface area contributed by atoms with E-state index in [4.69, 9.17) is 0 Å². The van der Waals surface area contributed by atoms with Crippen LogP contribution < -0.4 is 10.6 Å². The average Bonchev–Trinajstić information content (AvgIpc) is 2.93. The number of carbonyl (C=O) groups is 3. The van der Waals surface area contributed by atoms with Gasteiger partial charge in [0.15, 0.2) is 0 Å². The van der Waals surface area contributed by atoms with Crippen LogP contribution in [0.3, 0.4) is 0 Å². The lowest BCUT2D eigenvalue weighted by Gasteiger charge is -2.39. The first-order chi connectivity index (χ1) is 18.9. The fraction of sp³-hybridized carbons (Fsp3) is 0.656. The zero-order chi connectivity index (χ0) is 30.0. The maximum Gasteiger partial charge on any atom is 0.246 e. The monoisotopic (exact) mass is 556 g/mol. The number of likely N-dealkylation sites (tertiary alicyclic amines) is 1. The number of hydrogen-bond donors (Lipinski definition) is 3. The van der Waals surface area contributed by atoms with E-state index < -0.39 is 12.1 Å². The van der Waals surface area contributed by atoms with Gasteiger partial charge in [0.05, 0.1) is 24.7 Å². The predicted octanol–water partition coefficient (Wildman–Crippen LogP) is 3.54. The molecular formula is C32H52N4O4. The summed E-state index contributed by atoms with van der Waals surface area (Å²) >= 11 is 0. The van der Waals surface area contributed by atoms with E-state index in [1.165, 1.54) is 0 Å². The zero-order valence-electron chi connectivity index (χ0n) is 25.8. The van der Waals surface area contributed by atoms with Crippen LogP contribution in [0.15, 0.2) is 42.0 Å². The summed E-state index contributed by atoms with van der Waals surface area (Å²) in [5.41, 5.74) is 1.50. The van der Waals surface area contributed by atoms with Crippen LogP contribution in [-0.2, 0) is 20.8 Å². The second-order valence-electron chi connectivity index (χ2n) is 12.1. The topological polar surface area (TPSA) is 102 Å². The molecule has 8 nitrogen and oxygen atoms in total.